The number of rotatable bonds is 3. The number of nitrogens with one attached hydrogen (secondary N) is 1. The minimum Gasteiger partial charge on any atom is -0.370 e. The van der Waals surface area contributed by atoms with Gasteiger partial charge in [0.1, 0.15) is 0 Å². The summed E-state index contributed by atoms with van der Waals surface area (Å²) >= 11 is 0. The van der Waals surface area contributed by atoms with Gasteiger partial charge in [-0.05, 0) is 49.1 Å². The van der Waals surface area contributed by atoms with Crippen LogP contribution in [-0.4, -0.2) is 28.3 Å². The van der Waals surface area contributed by atoms with Crippen molar-refractivity contribution in [2.45, 2.75) is 19.8 Å². The number of pyridine rings is 1. The molecule has 116 valence electrons. The Kier molecular flexibility index (Phi) is 3.37. The molecule has 0 bridgehead atoms. The summed E-state index contributed by atoms with van der Waals surface area (Å²) in [7, 11) is 0. The Morgan fingerprint density at radius 2 is 1.96 bits per heavy atom. The molecule has 0 saturated carbocycles. The van der Waals surface area contributed by atoms with Crippen LogP contribution in [0.2, 0.25) is 0 Å². The first-order valence-electron chi connectivity index (χ1n) is 8.07. The standard InChI is InChI=1S/C19H20N4/c1-13(2)19-17-10-14(5-6-18(17)21-22-19)15-9-16(12-20-11-15)23-7-3-4-8-23/h5-6,9-12H,1,3-4,7-8H2,2H3,(H,21,22). The van der Waals surface area contributed by atoms with Gasteiger partial charge in [-0.15, -0.1) is 0 Å². The molecular formula is C19H20N4. The van der Waals surface area contributed by atoms with Crippen LogP contribution in [0, 0.1) is 0 Å². The van der Waals surface area contributed by atoms with Crippen LogP contribution in [0.1, 0.15) is 25.5 Å². The van der Waals surface area contributed by atoms with Crippen molar-refractivity contribution < 1.29 is 0 Å². The van der Waals surface area contributed by atoms with Crippen molar-refractivity contribution in [2.75, 3.05) is 18.0 Å². The van der Waals surface area contributed by atoms with Gasteiger partial charge in [0.05, 0.1) is 23.1 Å². The number of allylic oxidation sites excluding steroid dienone is 1. The van der Waals surface area contributed by atoms with E-state index in [2.05, 4.69) is 50.9 Å². The molecule has 2 aromatic heterocycles. The minimum absolute atomic E-state index is 0.936. The van der Waals surface area contributed by atoms with Crippen molar-refractivity contribution in [1.82, 2.24) is 15.2 Å². The molecular weight excluding hydrogens is 284 g/mol. The number of aromatic amines is 1. The van der Waals surface area contributed by atoms with Crippen molar-refractivity contribution in [3.63, 3.8) is 0 Å². The Balaban J connectivity index is 1.77. The molecule has 23 heavy (non-hydrogen) atoms. The van der Waals surface area contributed by atoms with E-state index in [0.29, 0.717) is 0 Å². The van der Waals surface area contributed by atoms with Crippen LogP contribution in [0.5, 0.6) is 0 Å². The van der Waals surface area contributed by atoms with Gasteiger partial charge in [-0.2, -0.15) is 5.10 Å². The molecule has 1 aliphatic heterocycles. The minimum atomic E-state index is 0.936. The highest BCUT2D eigenvalue weighted by Crippen LogP contribution is 2.30. The van der Waals surface area contributed by atoms with Crippen molar-refractivity contribution in [1.29, 1.82) is 0 Å². The van der Waals surface area contributed by atoms with Crippen LogP contribution < -0.4 is 4.90 Å². The molecule has 3 aromatic rings. The maximum absolute atomic E-state index is 4.45. The maximum Gasteiger partial charge on any atom is 0.0950 e. The fourth-order valence-electron chi connectivity index (χ4n) is 3.25. The van der Waals surface area contributed by atoms with E-state index >= 15 is 0 Å². The molecule has 1 saturated heterocycles. The van der Waals surface area contributed by atoms with Crippen molar-refractivity contribution >= 4 is 22.2 Å². The second-order valence-corrected chi connectivity index (χ2v) is 6.24. The Hall–Kier alpha value is -2.62. The fraction of sp³-hybridized carbons (Fsp3) is 0.263. The number of hydrogen-bond donors (Lipinski definition) is 1. The summed E-state index contributed by atoms with van der Waals surface area (Å²) in [4.78, 5) is 6.86. The van der Waals surface area contributed by atoms with E-state index in [1.807, 2.05) is 19.3 Å². The monoisotopic (exact) mass is 304 g/mol. The second-order valence-electron chi connectivity index (χ2n) is 6.24. The van der Waals surface area contributed by atoms with E-state index < -0.39 is 0 Å². The van der Waals surface area contributed by atoms with Gasteiger partial charge < -0.3 is 4.90 Å². The number of benzene rings is 1. The second kappa shape index (κ2) is 5.54. The Bertz CT molecular complexity index is 872. The summed E-state index contributed by atoms with van der Waals surface area (Å²) in [6, 6.07) is 8.60. The highest BCUT2D eigenvalue weighted by Gasteiger charge is 2.14. The topological polar surface area (TPSA) is 44.8 Å². The first-order chi connectivity index (χ1) is 11.2. The Morgan fingerprint density at radius 3 is 2.74 bits per heavy atom. The van der Waals surface area contributed by atoms with Gasteiger partial charge in [0.15, 0.2) is 0 Å². The van der Waals surface area contributed by atoms with Crippen LogP contribution in [0.3, 0.4) is 0 Å². The first kappa shape index (κ1) is 14.0. The predicted molar refractivity (Wildman–Crippen MR) is 95.5 cm³/mol. The lowest BCUT2D eigenvalue weighted by molar-refractivity contribution is 0.949. The Morgan fingerprint density at radius 1 is 1.13 bits per heavy atom. The number of aromatic nitrogens is 3. The third kappa shape index (κ3) is 2.50. The fourth-order valence-corrected chi connectivity index (χ4v) is 3.25. The van der Waals surface area contributed by atoms with Gasteiger partial charge in [0, 0.05) is 30.2 Å². The van der Waals surface area contributed by atoms with Crippen molar-refractivity contribution in [2.24, 2.45) is 0 Å². The third-order valence-electron chi connectivity index (χ3n) is 4.50. The predicted octanol–water partition coefficient (Wildman–Crippen LogP) is 4.26. The molecule has 4 rings (SSSR count). The summed E-state index contributed by atoms with van der Waals surface area (Å²) in [6.07, 6.45) is 6.44. The van der Waals surface area contributed by atoms with Gasteiger partial charge >= 0.3 is 0 Å². The van der Waals surface area contributed by atoms with E-state index in [1.165, 1.54) is 18.5 Å². The van der Waals surface area contributed by atoms with E-state index in [-0.39, 0.29) is 0 Å². The zero-order valence-electron chi connectivity index (χ0n) is 13.3. The van der Waals surface area contributed by atoms with Gasteiger partial charge in [-0.3, -0.25) is 10.1 Å². The van der Waals surface area contributed by atoms with Gasteiger partial charge in [-0.1, -0.05) is 12.6 Å². The van der Waals surface area contributed by atoms with Crippen molar-refractivity contribution in [3.05, 3.63) is 48.9 Å². The normalized spacial score (nSPS) is 14.6. The number of nitrogens with zero attached hydrogens (tertiary/aromatic N) is 3. The van der Waals surface area contributed by atoms with Crippen LogP contribution in [0.4, 0.5) is 5.69 Å². The van der Waals surface area contributed by atoms with Crippen LogP contribution in [-0.2, 0) is 0 Å². The quantitative estimate of drug-likeness (QED) is 0.786. The van der Waals surface area contributed by atoms with Crippen LogP contribution in [0.15, 0.2) is 43.2 Å². The summed E-state index contributed by atoms with van der Waals surface area (Å²) in [5.74, 6) is 0. The largest absolute Gasteiger partial charge is 0.370 e. The molecule has 4 heteroatoms. The zero-order chi connectivity index (χ0) is 15.8. The lowest BCUT2D eigenvalue weighted by Gasteiger charge is -2.17. The molecule has 3 heterocycles. The van der Waals surface area contributed by atoms with Gasteiger partial charge in [0.25, 0.3) is 0 Å². The molecule has 0 unspecified atom stereocenters. The number of fused-ring (bicyclic) bond motifs is 1. The highest BCUT2D eigenvalue weighted by atomic mass is 15.1. The Labute approximate surface area is 135 Å². The number of anilines is 1. The van der Waals surface area contributed by atoms with E-state index in [9.17, 15) is 0 Å². The van der Waals surface area contributed by atoms with E-state index in [4.69, 9.17) is 0 Å². The average Bonchev–Trinajstić information content (AvgIpc) is 3.24. The van der Waals surface area contributed by atoms with Gasteiger partial charge in [0.2, 0.25) is 0 Å². The molecule has 0 spiro atoms. The number of H-pyrrole nitrogens is 1. The summed E-state index contributed by atoms with van der Waals surface area (Å²) in [6.45, 7) is 8.26. The smallest absolute Gasteiger partial charge is 0.0950 e. The van der Waals surface area contributed by atoms with E-state index in [1.54, 1.807) is 0 Å². The first-order valence-corrected chi connectivity index (χ1v) is 8.07. The molecule has 1 aliphatic rings. The zero-order valence-corrected chi connectivity index (χ0v) is 13.3. The number of hydrogen-bond acceptors (Lipinski definition) is 3. The molecule has 1 aromatic carbocycles. The molecule has 1 N–H and O–H groups in total. The molecule has 4 nitrogen and oxygen atoms in total. The van der Waals surface area contributed by atoms with Crippen LogP contribution in [0.25, 0.3) is 27.6 Å². The molecule has 0 amide bonds. The van der Waals surface area contributed by atoms with Crippen molar-refractivity contribution in [3.8, 4) is 11.1 Å². The maximum atomic E-state index is 4.45. The highest BCUT2D eigenvalue weighted by molar-refractivity contribution is 5.92. The summed E-state index contributed by atoms with van der Waals surface area (Å²) in [5.41, 5.74) is 6.46. The molecule has 1 fully saturated rings. The van der Waals surface area contributed by atoms with Crippen LogP contribution >= 0.6 is 0 Å². The average molecular weight is 304 g/mol. The molecule has 0 radical (unpaired) electrons. The summed E-state index contributed by atoms with van der Waals surface area (Å²) in [5, 5.41) is 8.54. The summed E-state index contributed by atoms with van der Waals surface area (Å²) < 4.78 is 0. The molecule has 0 aliphatic carbocycles. The molecule has 0 atom stereocenters. The SMILES string of the molecule is C=C(C)c1n[nH]c2ccc(-c3cncc(N4CCCC4)c3)cc12. The third-order valence-corrected chi connectivity index (χ3v) is 4.50. The lowest BCUT2D eigenvalue weighted by Crippen LogP contribution is -2.17. The van der Waals surface area contributed by atoms with Gasteiger partial charge in [-0.25, -0.2) is 0 Å². The van der Waals surface area contributed by atoms with E-state index in [0.717, 1.165) is 46.4 Å². The lowest BCUT2D eigenvalue weighted by atomic mass is 10.0.